The lowest BCUT2D eigenvalue weighted by molar-refractivity contribution is 0.0681. The van der Waals surface area contributed by atoms with Crippen molar-refractivity contribution in [2.75, 3.05) is 13.2 Å². The van der Waals surface area contributed by atoms with Crippen LogP contribution in [0.4, 0.5) is 0 Å². The maximum Gasteiger partial charge on any atom is 0.293 e. The maximum atomic E-state index is 12.2. The summed E-state index contributed by atoms with van der Waals surface area (Å²) in [7, 11) is 0. The highest BCUT2D eigenvalue weighted by molar-refractivity contribution is 5.90. The number of rotatable bonds is 6. The molecule has 0 bridgehead atoms. The predicted molar refractivity (Wildman–Crippen MR) is 66.2 cm³/mol. The average molecular weight is 252 g/mol. The lowest BCUT2D eigenvalue weighted by Crippen LogP contribution is -2.38. The van der Waals surface area contributed by atoms with E-state index in [4.69, 9.17) is 5.11 Å². The molecule has 2 rings (SSSR count). The van der Waals surface area contributed by atoms with Crippen molar-refractivity contribution in [3.8, 4) is 0 Å². The first-order valence-corrected chi connectivity index (χ1v) is 6.47. The van der Waals surface area contributed by atoms with Gasteiger partial charge in [0, 0.05) is 25.1 Å². The minimum atomic E-state index is -0.165. The fourth-order valence-electron chi connectivity index (χ4n) is 1.87. The van der Waals surface area contributed by atoms with Crippen molar-refractivity contribution in [2.24, 2.45) is 0 Å². The second kappa shape index (κ2) is 5.48. The van der Waals surface area contributed by atoms with Crippen molar-refractivity contribution in [3.05, 3.63) is 11.6 Å². The molecule has 0 unspecified atom stereocenters. The predicted octanol–water partition coefficient (Wildman–Crippen LogP) is 0.915. The van der Waals surface area contributed by atoms with Crippen LogP contribution in [0.25, 0.3) is 0 Å². The summed E-state index contributed by atoms with van der Waals surface area (Å²) < 4.78 is 0. The number of aliphatic hydroxyl groups excluding tert-OH is 1. The summed E-state index contributed by atoms with van der Waals surface area (Å²) in [5.41, 5.74) is 0. The summed E-state index contributed by atoms with van der Waals surface area (Å²) in [5.74, 6) is 1.36. The van der Waals surface area contributed by atoms with Gasteiger partial charge in [-0.3, -0.25) is 9.89 Å². The SMILES string of the molecule is CC(C)N(CCCO)C(=O)c1n[nH]c(C2CC2)n1. The molecule has 0 saturated heterocycles. The fourth-order valence-corrected chi connectivity index (χ4v) is 1.87. The third-order valence-corrected chi connectivity index (χ3v) is 3.10. The third kappa shape index (κ3) is 2.87. The van der Waals surface area contributed by atoms with E-state index in [1.165, 1.54) is 0 Å². The Morgan fingerprint density at radius 3 is 2.83 bits per heavy atom. The van der Waals surface area contributed by atoms with E-state index in [0.717, 1.165) is 18.7 Å². The maximum absolute atomic E-state index is 12.2. The van der Waals surface area contributed by atoms with Crippen LogP contribution in [0.5, 0.6) is 0 Å². The van der Waals surface area contributed by atoms with Gasteiger partial charge in [0.1, 0.15) is 5.82 Å². The zero-order valence-electron chi connectivity index (χ0n) is 10.9. The molecule has 1 aliphatic carbocycles. The molecule has 1 aromatic rings. The van der Waals surface area contributed by atoms with Crippen molar-refractivity contribution in [1.82, 2.24) is 20.1 Å². The van der Waals surface area contributed by atoms with Gasteiger partial charge in [-0.2, -0.15) is 0 Å². The fraction of sp³-hybridized carbons (Fsp3) is 0.750. The highest BCUT2D eigenvalue weighted by atomic mass is 16.3. The Balaban J connectivity index is 2.05. The Morgan fingerprint density at radius 1 is 1.56 bits per heavy atom. The largest absolute Gasteiger partial charge is 0.396 e. The Bertz CT molecular complexity index is 412. The van der Waals surface area contributed by atoms with E-state index >= 15 is 0 Å². The van der Waals surface area contributed by atoms with Gasteiger partial charge in [0.05, 0.1) is 0 Å². The average Bonchev–Trinajstić information content (AvgIpc) is 3.07. The number of carbonyl (C=O) groups is 1. The first kappa shape index (κ1) is 13.0. The van der Waals surface area contributed by atoms with E-state index in [2.05, 4.69) is 15.2 Å². The summed E-state index contributed by atoms with van der Waals surface area (Å²) in [6.07, 6.45) is 2.83. The van der Waals surface area contributed by atoms with Crippen LogP contribution in [0, 0.1) is 0 Å². The van der Waals surface area contributed by atoms with Gasteiger partial charge in [0.15, 0.2) is 0 Å². The first-order chi connectivity index (χ1) is 8.63. The number of carbonyl (C=O) groups excluding carboxylic acids is 1. The first-order valence-electron chi connectivity index (χ1n) is 6.47. The molecule has 0 atom stereocenters. The van der Waals surface area contributed by atoms with E-state index in [-0.39, 0.29) is 24.4 Å². The van der Waals surface area contributed by atoms with Crippen LogP contribution in [0.1, 0.15) is 55.5 Å². The Labute approximate surface area is 106 Å². The topological polar surface area (TPSA) is 82.1 Å². The molecule has 1 fully saturated rings. The highest BCUT2D eigenvalue weighted by Gasteiger charge is 2.29. The van der Waals surface area contributed by atoms with Crippen molar-refractivity contribution in [1.29, 1.82) is 0 Å². The third-order valence-electron chi connectivity index (χ3n) is 3.10. The molecule has 1 saturated carbocycles. The zero-order chi connectivity index (χ0) is 13.1. The molecule has 0 radical (unpaired) electrons. The standard InChI is InChI=1S/C12H20N4O2/c1-8(2)16(6-3-7-17)12(18)11-13-10(14-15-11)9-4-5-9/h8-9,17H,3-7H2,1-2H3,(H,13,14,15). The number of nitrogens with zero attached hydrogens (tertiary/aromatic N) is 3. The van der Waals surface area contributed by atoms with Crippen LogP contribution in [-0.2, 0) is 0 Å². The van der Waals surface area contributed by atoms with Crippen LogP contribution < -0.4 is 0 Å². The molecule has 18 heavy (non-hydrogen) atoms. The van der Waals surface area contributed by atoms with Crippen LogP contribution in [0.15, 0.2) is 0 Å². The van der Waals surface area contributed by atoms with Gasteiger partial charge in [-0.15, -0.1) is 5.10 Å². The molecule has 1 heterocycles. The zero-order valence-corrected chi connectivity index (χ0v) is 10.9. The van der Waals surface area contributed by atoms with Crippen LogP contribution in [0.2, 0.25) is 0 Å². The lowest BCUT2D eigenvalue weighted by Gasteiger charge is -2.25. The molecule has 100 valence electrons. The monoisotopic (exact) mass is 252 g/mol. The molecule has 0 spiro atoms. The summed E-state index contributed by atoms with van der Waals surface area (Å²) in [4.78, 5) is 18.2. The number of aromatic amines is 1. The highest BCUT2D eigenvalue weighted by Crippen LogP contribution is 2.37. The van der Waals surface area contributed by atoms with Gasteiger partial charge in [-0.25, -0.2) is 4.98 Å². The number of hydrogen-bond acceptors (Lipinski definition) is 4. The van der Waals surface area contributed by atoms with Gasteiger partial charge in [0.2, 0.25) is 5.82 Å². The Hall–Kier alpha value is -1.43. The minimum Gasteiger partial charge on any atom is -0.396 e. The van der Waals surface area contributed by atoms with Crippen LogP contribution in [-0.4, -0.2) is 50.3 Å². The second-order valence-electron chi connectivity index (χ2n) is 4.99. The molecular weight excluding hydrogens is 232 g/mol. The molecule has 1 aromatic heterocycles. The van der Waals surface area contributed by atoms with Crippen LogP contribution in [0.3, 0.4) is 0 Å². The molecule has 0 aromatic carbocycles. The van der Waals surface area contributed by atoms with E-state index in [0.29, 0.717) is 18.9 Å². The van der Waals surface area contributed by atoms with Gasteiger partial charge >= 0.3 is 0 Å². The summed E-state index contributed by atoms with van der Waals surface area (Å²) in [5, 5.41) is 15.7. The van der Waals surface area contributed by atoms with Gasteiger partial charge in [-0.1, -0.05) is 0 Å². The Kier molecular flexibility index (Phi) is 3.96. The Morgan fingerprint density at radius 2 is 2.28 bits per heavy atom. The van der Waals surface area contributed by atoms with E-state index in [1.54, 1.807) is 4.90 Å². The number of nitrogens with one attached hydrogen (secondary N) is 1. The number of amides is 1. The molecular formula is C12H20N4O2. The van der Waals surface area contributed by atoms with E-state index < -0.39 is 0 Å². The van der Waals surface area contributed by atoms with E-state index in [9.17, 15) is 4.79 Å². The smallest absolute Gasteiger partial charge is 0.293 e. The molecule has 1 amide bonds. The molecule has 6 nitrogen and oxygen atoms in total. The van der Waals surface area contributed by atoms with Gasteiger partial charge in [-0.05, 0) is 33.1 Å². The molecule has 2 N–H and O–H groups in total. The van der Waals surface area contributed by atoms with Gasteiger partial charge < -0.3 is 10.0 Å². The molecule has 1 aliphatic rings. The van der Waals surface area contributed by atoms with Crippen molar-refractivity contribution >= 4 is 5.91 Å². The summed E-state index contributed by atoms with van der Waals surface area (Å²) in [6.45, 7) is 4.51. The lowest BCUT2D eigenvalue weighted by atomic mass is 10.2. The quantitative estimate of drug-likeness (QED) is 0.788. The minimum absolute atomic E-state index is 0.0759. The number of hydrogen-bond donors (Lipinski definition) is 2. The van der Waals surface area contributed by atoms with Crippen molar-refractivity contribution in [3.63, 3.8) is 0 Å². The van der Waals surface area contributed by atoms with Crippen LogP contribution >= 0.6 is 0 Å². The van der Waals surface area contributed by atoms with E-state index in [1.807, 2.05) is 13.8 Å². The molecule has 0 aliphatic heterocycles. The second-order valence-corrected chi connectivity index (χ2v) is 4.99. The van der Waals surface area contributed by atoms with Gasteiger partial charge in [0.25, 0.3) is 5.91 Å². The number of aliphatic hydroxyl groups is 1. The molecule has 6 heteroatoms. The number of aromatic nitrogens is 3. The normalized spacial score (nSPS) is 15.1. The number of H-pyrrole nitrogens is 1. The van der Waals surface area contributed by atoms with Crippen molar-refractivity contribution < 1.29 is 9.90 Å². The summed E-state index contributed by atoms with van der Waals surface area (Å²) >= 11 is 0. The van der Waals surface area contributed by atoms with Crippen molar-refractivity contribution in [2.45, 2.75) is 45.1 Å². The summed E-state index contributed by atoms with van der Waals surface area (Å²) in [6, 6.07) is 0.0759.